The van der Waals surface area contributed by atoms with E-state index in [0.29, 0.717) is 35.6 Å². The average Bonchev–Trinajstić information content (AvgIpc) is 2.81. The van der Waals surface area contributed by atoms with Crippen LogP contribution in [0.2, 0.25) is 0 Å². The molecular formula is C26H19BrFIN2O4. The molecule has 1 heterocycles. The Labute approximate surface area is 223 Å². The van der Waals surface area contributed by atoms with Gasteiger partial charge in [0, 0.05) is 20.0 Å². The number of imide groups is 2. The molecule has 0 aliphatic carbocycles. The molecule has 0 atom stereocenters. The van der Waals surface area contributed by atoms with E-state index in [1.54, 1.807) is 54.6 Å². The van der Waals surface area contributed by atoms with Crippen molar-refractivity contribution in [2.75, 3.05) is 11.5 Å². The molecule has 1 fully saturated rings. The zero-order chi connectivity index (χ0) is 25.1. The minimum absolute atomic E-state index is 0.187. The summed E-state index contributed by atoms with van der Waals surface area (Å²) in [5.74, 6) is -1.29. The first-order valence-electron chi connectivity index (χ1n) is 10.6. The van der Waals surface area contributed by atoms with E-state index >= 15 is 0 Å². The third-order valence-corrected chi connectivity index (χ3v) is 6.79. The van der Waals surface area contributed by atoms with Gasteiger partial charge in [0.2, 0.25) is 0 Å². The van der Waals surface area contributed by atoms with Crippen LogP contribution in [-0.4, -0.2) is 24.5 Å². The third-order valence-electron chi connectivity index (χ3n) is 5.30. The van der Waals surface area contributed by atoms with Gasteiger partial charge in [-0.25, -0.2) is 14.1 Å². The summed E-state index contributed by atoms with van der Waals surface area (Å²) in [6.45, 7) is 2.22. The molecule has 3 aromatic rings. The summed E-state index contributed by atoms with van der Waals surface area (Å²) in [4.78, 5) is 39.1. The van der Waals surface area contributed by atoms with Crippen LogP contribution in [0.5, 0.6) is 5.75 Å². The number of ether oxygens (including phenoxy) is 1. The van der Waals surface area contributed by atoms with Crippen molar-refractivity contribution in [1.29, 1.82) is 0 Å². The summed E-state index contributed by atoms with van der Waals surface area (Å²) in [5, 5.41) is 2.22. The van der Waals surface area contributed by atoms with Crippen molar-refractivity contribution in [3.05, 3.63) is 96.8 Å². The van der Waals surface area contributed by atoms with E-state index in [2.05, 4.69) is 43.8 Å². The second-order valence-corrected chi connectivity index (χ2v) is 9.69. The SMILES string of the molecule is CCOc1cc(/C=C2\C(=O)NC(=O)N(c3ccc(Br)cc3)C2=O)cc(I)c1Cc1ccccc1F. The zero-order valence-electron chi connectivity index (χ0n) is 18.5. The average molecular weight is 649 g/mol. The molecule has 178 valence electrons. The molecule has 1 N–H and O–H groups in total. The van der Waals surface area contributed by atoms with Crippen LogP contribution in [0.3, 0.4) is 0 Å². The monoisotopic (exact) mass is 648 g/mol. The summed E-state index contributed by atoms with van der Waals surface area (Å²) in [6, 6.07) is 15.8. The molecular weight excluding hydrogens is 630 g/mol. The third kappa shape index (κ3) is 5.46. The van der Waals surface area contributed by atoms with Gasteiger partial charge in [0.15, 0.2) is 0 Å². The van der Waals surface area contributed by atoms with Crippen LogP contribution in [0, 0.1) is 9.39 Å². The van der Waals surface area contributed by atoms with Gasteiger partial charge in [0.1, 0.15) is 17.1 Å². The van der Waals surface area contributed by atoms with E-state index < -0.39 is 17.8 Å². The number of halogens is 3. The lowest BCUT2D eigenvalue weighted by atomic mass is 10.00. The number of benzene rings is 3. The van der Waals surface area contributed by atoms with Gasteiger partial charge >= 0.3 is 6.03 Å². The molecule has 0 aromatic heterocycles. The number of hydrogen-bond acceptors (Lipinski definition) is 4. The van der Waals surface area contributed by atoms with E-state index in [-0.39, 0.29) is 11.4 Å². The number of anilines is 1. The van der Waals surface area contributed by atoms with Crippen molar-refractivity contribution in [2.45, 2.75) is 13.3 Å². The normalized spacial score (nSPS) is 14.9. The number of amides is 4. The van der Waals surface area contributed by atoms with Gasteiger partial charge in [-0.05, 0) is 89.2 Å². The number of nitrogens with one attached hydrogen (secondary N) is 1. The Kier molecular flexibility index (Phi) is 7.66. The second kappa shape index (κ2) is 10.7. The number of urea groups is 1. The molecule has 4 amide bonds. The fraction of sp³-hybridized carbons (Fsp3) is 0.115. The highest BCUT2D eigenvalue weighted by atomic mass is 127. The molecule has 0 bridgehead atoms. The van der Waals surface area contributed by atoms with Gasteiger partial charge in [-0.15, -0.1) is 0 Å². The number of hydrogen-bond donors (Lipinski definition) is 1. The standard InChI is InChI=1S/C26H19BrFIN2O4/c1-2-35-23-13-15(12-22(29)19(23)14-16-5-3-4-6-21(16)28)11-20-24(32)30-26(34)31(25(20)33)18-9-7-17(27)8-10-18/h3-13H,2,14H2,1H3,(H,30,32,34)/b20-11+. The first-order chi connectivity index (χ1) is 16.8. The maximum Gasteiger partial charge on any atom is 0.335 e. The van der Waals surface area contributed by atoms with Gasteiger partial charge in [-0.1, -0.05) is 34.1 Å². The van der Waals surface area contributed by atoms with Crippen LogP contribution >= 0.6 is 38.5 Å². The first kappa shape index (κ1) is 25.1. The van der Waals surface area contributed by atoms with Gasteiger partial charge in [-0.2, -0.15) is 0 Å². The first-order valence-corrected chi connectivity index (χ1v) is 12.5. The number of barbiturate groups is 1. The Balaban J connectivity index is 1.72. The quantitative estimate of drug-likeness (QED) is 0.207. The Morgan fingerprint density at radius 3 is 2.49 bits per heavy atom. The highest BCUT2D eigenvalue weighted by molar-refractivity contribution is 14.1. The second-order valence-electron chi connectivity index (χ2n) is 7.61. The number of carbonyl (C=O) groups is 3. The van der Waals surface area contributed by atoms with Crippen molar-refractivity contribution in [1.82, 2.24) is 5.32 Å². The van der Waals surface area contributed by atoms with E-state index in [1.165, 1.54) is 12.1 Å². The van der Waals surface area contributed by atoms with E-state index in [1.807, 2.05) is 6.92 Å². The van der Waals surface area contributed by atoms with Gasteiger partial charge in [0.25, 0.3) is 11.8 Å². The van der Waals surface area contributed by atoms with Crippen LogP contribution in [0.25, 0.3) is 6.08 Å². The number of nitrogens with zero attached hydrogens (tertiary/aromatic N) is 1. The summed E-state index contributed by atoms with van der Waals surface area (Å²) >= 11 is 5.45. The van der Waals surface area contributed by atoms with E-state index in [9.17, 15) is 18.8 Å². The summed E-state index contributed by atoms with van der Waals surface area (Å²) in [7, 11) is 0. The van der Waals surface area contributed by atoms with Crippen molar-refractivity contribution in [3.8, 4) is 5.75 Å². The lowest BCUT2D eigenvalue weighted by Gasteiger charge is -2.26. The molecule has 9 heteroatoms. The Hall–Kier alpha value is -3.05. The summed E-state index contributed by atoms with van der Waals surface area (Å²) < 4.78 is 21.7. The molecule has 3 aromatic carbocycles. The predicted molar refractivity (Wildman–Crippen MR) is 143 cm³/mol. The largest absolute Gasteiger partial charge is 0.494 e. The van der Waals surface area contributed by atoms with Gasteiger partial charge in [-0.3, -0.25) is 14.9 Å². The maximum absolute atomic E-state index is 14.3. The topological polar surface area (TPSA) is 75.7 Å². The molecule has 35 heavy (non-hydrogen) atoms. The van der Waals surface area contributed by atoms with Gasteiger partial charge in [0.05, 0.1) is 12.3 Å². The smallest absolute Gasteiger partial charge is 0.335 e. The fourth-order valence-corrected chi connectivity index (χ4v) is 4.73. The summed E-state index contributed by atoms with van der Waals surface area (Å²) in [5.41, 5.74) is 2.01. The minimum atomic E-state index is -0.815. The maximum atomic E-state index is 14.3. The van der Waals surface area contributed by atoms with Crippen LogP contribution in [0.15, 0.2) is 70.7 Å². The lowest BCUT2D eigenvalue weighted by molar-refractivity contribution is -0.122. The van der Waals surface area contributed by atoms with Crippen molar-refractivity contribution < 1.29 is 23.5 Å². The van der Waals surface area contributed by atoms with E-state index in [0.717, 1.165) is 18.5 Å². The fourth-order valence-electron chi connectivity index (χ4n) is 3.65. The van der Waals surface area contributed by atoms with Crippen molar-refractivity contribution >= 4 is 68.1 Å². The van der Waals surface area contributed by atoms with Crippen LogP contribution < -0.4 is 15.0 Å². The minimum Gasteiger partial charge on any atom is -0.494 e. The van der Waals surface area contributed by atoms with Crippen LogP contribution in [0.4, 0.5) is 14.9 Å². The summed E-state index contributed by atoms with van der Waals surface area (Å²) in [6.07, 6.45) is 1.75. The molecule has 0 spiro atoms. The molecule has 0 saturated carbocycles. The molecule has 1 saturated heterocycles. The van der Waals surface area contributed by atoms with Crippen molar-refractivity contribution in [3.63, 3.8) is 0 Å². The highest BCUT2D eigenvalue weighted by Crippen LogP contribution is 2.31. The zero-order valence-corrected chi connectivity index (χ0v) is 22.2. The molecule has 4 rings (SSSR count). The lowest BCUT2D eigenvalue weighted by Crippen LogP contribution is -2.54. The van der Waals surface area contributed by atoms with Crippen LogP contribution in [-0.2, 0) is 16.0 Å². The van der Waals surface area contributed by atoms with Crippen LogP contribution in [0.1, 0.15) is 23.6 Å². The Morgan fingerprint density at radius 2 is 1.80 bits per heavy atom. The molecule has 0 unspecified atom stereocenters. The molecule has 0 radical (unpaired) electrons. The van der Waals surface area contributed by atoms with E-state index in [4.69, 9.17) is 4.74 Å². The molecule has 1 aliphatic heterocycles. The highest BCUT2D eigenvalue weighted by Gasteiger charge is 2.36. The molecule has 6 nitrogen and oxygen atoms in total. The number of rotatable bonds is 6. The van der Waals surface area contributed by atoms with Crippen molar-refractivity contribution in [2.24, 2.45) is 0 Å². The molecule has 1 aliphatic rings. The van der Waals surface area contributed by atoms with Gasteiger partial charge < -0.3 is 4.74 Å². The Morgan fingerprint density at radius 1 is 1.09 bits per heavy atom. The number of carbonyl (C=O) groups excluding carboxylic acids is 3. The predicted octanol–water partition coefficient (Wildman–Crippen LogP) is 5.85. The Bertz CT molecular complexity index is 1360.